The molecular weight excluding hydrogens is 226 g/mol. The normalized spacial score (nSPS) is 19.7. The molecule has 98 valence electrons. The van der Waals surface area contributed by atoms with Gasteiger partial charge in [-0.05, 0) is 37.5 Å². The maximum atomic E-state index is 11.7. The van der Waals surface area contributed by atoms with E-state index in [1.807, 2.05) is 19.1 Å². The Kier molecular flexibility index (Phi) is 3.75. The average molecular weight is 247 g/mol. The van der Waals surface area contributed by atoms with Crippen molar-refractivity contribution in [1.29, 1.82) is 0 Å². The number of hydrogen-bond acceptors (Lipinski definition) is 3. The van der Waals surface area contributed by atoms with Gasteiger partial charge >= 0.3 is 0 Å². The lowest BCUT2D eigenvalue weighted by Crippen LogP contribution is -2.42. The van der Waals surface area contributed by atoms with Gasteiger partial charge in [-0.15, -0.1) is 0 Å². The van der Waals surface area contributed by atoms with Gasteiger partial charge in [0.15, 0.2) is 0 Å². The van der Waals surface area contributed by atoms with Gasteiger partial charge in [0.2, 0.25) is 5.91 Å². The molecule has 1 heterocycles. The molecule has 0 aliphatic carbocycles. The van der Waals surface area contributed by atoms with E-state index in [-0.39, 0.29) is 11.8 Å². The molecular formula is C14H21N3O. The zero-order valence-electron chi connectivity index (χ0n) is 11.1. The zero-order chi connectivity index (χ0) is 13.1. The molecule has 18 heavy (non-hydrogen) atoms. The quantitative estimate of drug-likeness (QED) is 0.779. The molecule has 1 fully saturated rings. The summed E-state index contributed by atoms with van der Waals surface area (Å²) in [7, 11) is 1.70. The highest BCUT2D eigenvalue weighted by Gasteiger charge is 2.25. The maximum Gasteiger partial charge on any atom is 0.224 e. The molecule has 0 radical (unpaired) electrons. The largest absolute Gasteiger partial charge is 0.398 e. The summed E-state index contributed by atoms with van der Waals surface area (Å²) in [5.74, 6) is 0.228. The van der Waals surface area contributed by atoms with Crippen LogP contribution in [0, 0.1) is 12.8 Å². The number of nitrogens with one attached hydrogen (secondary N) is 1. The number of aryl methyl sites for hydroxylation is 1. The number of nitrogens with zero attached hydrogens (tertiary/aromatic N) is 1. The Balaban J connectivity index is 2.13. The van der Waals surface area contributed by atoms with Crippen LogP contribution in [0.15, 0.2) is 18.2 Å². The Labute approximate surface area is 108 Å². The van der Waals surface area contributed by atoms with Crippen LogP contribution in [0.1, 0.15) is 18.4 Å². The minimum absolute atomic E-state index is 0.0891. The number of nitrogen functional groups attached to an aromatic ring is 1. The van der Waals surface area contributed by atoms with E-state index in [9.17, 15) is 4.79 Å². The molecule has 4 heteroatoms. The highest BCUT2D eigenvalue weighted by Crippen LogP contribution is 2.26. The predicted octanol–water partition coefficient (Wildman–Crippen LogP) is 1.54. The third-order valence-corrected chi connectivity index (χ3v) is 3.67. The second kappa shape index (κ2) is 5.29. The van der Waals surface area contributed by atoms with Crippen molar-refractivity contribution >= 4 is 17.3 Å². The van der Waals surface area contributed by atoms with E-state index >= 15 is 0 Å². The summed E-state index contributed by atoms with van der Waals surface area (Å²) < 4.78 is 0. The molecule has 2 rings (SSSR count). The Hall–Kier alpha value is -1.71. The van der Waals surface area contributed by atoms with Crippen molar-refractivity contribution < 1.29 is 4.79 Å². The van der Waals surface area contributed by atoms with Crippen molar-refractivity contribution in [1.82, 2.24) is 5.32 Å². The van der Waals surface area contributed by atoms with Crippen LogP contribution in [0.3, 0.4) is 0 Å². The van der Waals surface area contributed by atoms with Crippen molar-refractivity contribution in [2.45, 2.75) is 19.8 Å². The van der Waals surface area contributed by atoms with E-state index < -0.39 is 0 Å². The van der Waals surface area contributed by atoms with Gasteiger partial charge in [-0.1, -0.05) is 6.07 Å². The summed E-state index contributed by atoms with van der Waals surface area (Å²) in [6, 6.07) is 6.12. The van der Waals surface area contributed by atoms with Gasteiger partial charge in [0.05, 0.1) is 5.92 Å². The van der Waals surface area contributed by atoms with Gasteiger partial charge in [0, 0.05) is 31.5 Å². The predicted molar refractivity (Wildman–Crippen MR) is 74.6 cm³/mol. The summed E-state index contributed by atoms with van der Waals surface area (Å²) in [5, 5.41) is 2.74. The monoisotopic (exact) mass is 247 g/mol. The maximum absolute atomic E-state index is 11.7. The summed E-state index contributed by atoms with van der Waals surface area (Å²) in [5.41, 5.74) is 8.97. The fraction of sp³-hybridized carbons (Fsp3) is 0.500. The Morgan fingerprint density at radius 3 is 2.94 bits per heavy atom. The van der Waals surface area contributed by atoms with E-state index in [1.54, 1.807) is 7.05 Å². The fourth-order valence-electron chi connectivity index (χ4n) is 2.45. The van der Waals surface area contributed by atoms with Crippen molar-refractivity contribution in [2.24, 2.45) is 5.92 Å². The minimum atomic E-state index is 0.0891. The SMILES string of the molecule is CNC(=O)C1CCCN(c2ccc(C)c(N)c2)C1. The smallest absolute Gasteiger partial charge is 0.224 e. The lowest BCUT2D eigenvalue weighted by atomic mass is 9.96. The molecule has 1 aromatic rings. The number of nitrogens with two attached hydrogens (primary N) is 1. The first-order valence-electron chi connectivity index (χ1n) is 6.44. The Bertz CT molecular complexity index is 445. The van der Waals surface area contributed by atoms with E-state index in [0.717, 1.165) is 42.9 Å². The van der Waals surface area contributed by atoms with Crippen LogP contribution in [0.2, 0.25) is 0 Å². The van der Waals surface area contributed by atoms with E-state index in [0.29, 0.717) is 0 Å². The van der Waals surface area contributed by atoms with E-state index in [1.165, 1.54) is 0 Å². The average Bonchev–Trinajstić information content (AvgIpc) is 2.41. The second-order valence-electron chi connectivity index (χ2n) is 4.94. The molecule has 1 aliphatic rings. The van der Waals surface area contributed by atoms with E-state index in [2.05, 4.69) is 16.3 Å². The molecule has 0 spiro atoms. The molecule has 1 saturated heterocycles. The molecule has 0 aromatic heterocycles. The number of rotatable bonds is 2. The van der Waals surface area contributed by atoms with Gasteiger partial charge in [-0.25, -0.2) is 0 Å². The summed E-state index contributed by atoms with van der Waals surface area (Å²) in [6.07, 6.45) is 2.02. The number of carbonyl (C=O) groups is 1. The number of piperidine rings is 1. The molecule has 1 aliphatic heterocycles. The third kappa shape index (κ3) is 2.58. The highest BCUT2D eigenvalue weighted by molar-refractivity contribution is 5.79. The van der Waals surface area contributed by atoms with Crippen molar-refractivity contribution in [3.8, 4) is 0 Å². The zero-order valence-corrected chi connectivity index (χ0v) is 11.1. The lowest BCUT2D eigenvalue weighted by molar-refractivity contribution is -0.124. The molecule has 4 nitrogen and oxygen atoms in total. The first kappa shape index (κ1) is 12.7. The van der Waals surface area contributed by atoms with Crippen molar-refractivity contribution in [2.75, 3.05) is 30.8 Å². The molecule has 0 saturated carbocycles. The van der Waals surface area contributed by atoms with Crippen LogP contribution in [-0.2, 0) is 4.79 Å². The van der Waals surface area contributed by atoms with Crippen LogP contribution in [-0.4, -0.2) is 26.0 Å². The van der Waals surface area contributed by atoms with Gasteiger partial charge < -0.3 is 16.0 Å². The first-order valence-corrected chi connectivity index (χ1v) is 6.44. The molecule has 1 atom stereocenters. The van der Waals surface area contributed by atoms with Gasteiger partial charge in [-0.3, -0.25) is 4.79 Å². The van der Waals surface area contributed by atoms with Crippen LogP contribution in [0.25, 0.3) is 0 Å². The highest BCUT2D eigenvalue weighted by atomic mass is 16.1. The second-order valence-corrected chi connectivity index (χ2v) is 4.94. The standard InChI is InChI=1S/C14H21N3O/c1-10-5-6-12(8-13(10)15)17-7-3-4-11(9-17)14(18)16-2/h5-6,8,11H,3-4,7,9,15H2,1-2H3,(H,16,18). The molecule has 3 N–H and O–H groups in total. The minimum Gasteiger partial charge on any atom is -0.398 e. The van der Waals surface area contributed by atoms with Crippen molar-refractivity contribution in [3.63, 3.8) is 0 Å². The molecule has 0 bridgehead atoms. The third-order valence-electron chi connectivity index (χ3n) is 3.67. The van der Waals surface area contributed by atoms with Gasteiger partial charge in [0.25, 0.3) is 0 Å². The van der Waals surface area contributed by atoms with Crippen LogP contribution < -0.4 is 16.0 Å². The first-order chi connectivity index (χ1) is 8.61. The lowest BCUT2D eigenvalue weighted by Gasteiger charge is -2.33. The summed E-state index contributed by atoms with van der Waals surface area (Å²) >= 11 is 0. The number of carbonyl (C=O) groups excluding carboxylic acids is 1. The van der Waals surface area contributed by atoms with Crippen LogP contribution in [0.5, 0.6) is 0 Å². The Morgan fingerprint density at radius 2 is 2.28 bits per heavy atom. The number of benzene rings is 1. The van der Waals surface area contributed by atoms with Crippen molar-refractivity contribution in [3.05, 3.63) is 23.8 Å². The molecule has 1 amide bonds. The van der Waals surface area contributed by atoms with Crippen LogP contribution >= 0.6 is 0 Å². The van der Waals surface area contributed by atoms with Crippen LogP contribution in [0.4, 0.5) is 11.4 Å². The summed E-state index contributed by atoms with van der Waals surface area (Å²) in [6.45, 7) is 3.78. The van der Waals surface area contributed by atoms with Gasteiger partial charge in [0.1, 0.15) is 0 Å². The number of amides is 1. The van der Waals surface area contributed by atoms with E-state index in [4.69, 9.17) is 5.73 Å². The number of hydrogen-bond donors (Lipinski definition) is 2. The topological polar surface area (TPSA) is 58.4 Å². The fourth-order valence-corrected chi connectivity index (χ4v) is 2.45. The molecule has 1 aromatic carbocycles. The van der Waals surface area contributed by atoms with Gasteiger partial charge in [-0.2, -0.15) is 0 Å². The Morgan fingerprint density at radius 1 is 1.50 bits per heavy atom. The number of anilines is 2. The summed E-state index contributed by atoms with van der Waals surface area (Å²) in [4.78, 5) is 14.0. The molecule has 1 unspecified atom stereocenters.